The zero-order chi connectivity index (χ0) is 24.3. The molecule has 2 heterocycles. The third-order valence-corrected chi connectivity index (χ3v) is 7.60. The van der Waals surface area contributed by atoms with Gasteiger partial charge < -0.3 is 20.0 Å². The highest BCUT2D eigenvalue weighted by Gasteiger charge is 2.41. The number of rotatable bonds is 5. The van der Waals surface area contributed by atoms with Gasteiger partial charge in [0.25, 0.3) is 0 Å². The van der Waals surface area contributed by atoms with Gasteiger partial charge in [-0.1, -0.05) is 30.3 Å². The summed E-state index contributed by atoms with van der Waals surface area (Å²) >= 11 is 0. The fraction of sp³-hybridized carbons (Fsp3) is 0.444. The van der Waals surface area contributed by atoms with E-state index in [-0.39, 0.29) is 23.8 Å². The van der Waals surface area contributed by atoms with Crippen LogP contribution in [-0.4, -0.2) is 66.8 Å². The number of ketones is 1. The van der Waals surface area contributed by atoms with Crippen molar-refractivity contribution in [1.82, 2.24) is 9.80 Å². The second kappa shape index (κ2) is 9.87. The Bertz CT molecular complexity index is 1030. The SMILES string of the molecule is CC(=O)N(C)C1CCN(c2ccc(NC(=O)N3CCC(C(C)=O)(c4ccccc4)CC3)cc2)C1. The number of benzene rings is 2. The van der Waals surface area contributed by atoms with Gasteiger partial charge in [0.05, 0.1) is 11.5 Å². The highest BCUT2D eigenvalue weighted by atomic mass is 16.2. The quantitative estimate of drug-likeness (QED) is 0.732. The Morgan fingerprint density at radius 3 is 2.18 bits per heavy atom. The van der Waals surface area contributed by atoms with Gasteiger partial charge in [0.2, 0.25) is 5.91 Å². The molecule has 2 aliphatic rings. The normalized spacial score (nSPS) is 19.6. The molecule has 0 aliphatic carbocycles. The molecule has 7 heteroatoms. The average Bonchev–Trinajstić information content (AvgIpc) is 3.34. The summed E-state index contributed by atoms with van der Waals surface area (Å²) in [6.45, 7) is 6.06. The van der Waals surface area contributed by atoms with Crippen LogP contribution in [-0.2, 0) is 15.0 Å². The molecule has 1 N–H and O–H groups in total. The number of hydrogen-bond donors (Lipinski definition) is 1. The molecule has 1 atom stereocenters. The second-order valence-electron chi connectivity index (χ2n) is 9.49. The highest BCUT2D eigenvalue weighted by molar-refractivity contribution is 5.91. The lowest BCUT2D eigenvalue weighted by atomic mass is 9.70. The summed E-state index contributed by atoms with van der Waals surface area (Å²) in [4.78, 5) is 43.0. The Hall–Kier alpha value is -3.35. The maximum absolute atomic E-state index is 12.9. The molecule has 3 amide bonds. The molecule has 0 bridgehead atoms. The summed E-state index contributed by atoms with van der Waals surface area (Å²) in [7, 11) is 1.86. The maximum atomic E-state index is 12.9. The van der Waals surface area contributed by atoms with Crippen LogP contribution in [0.25, 0.3) is 0 Å². The Kier molecular flexibility index (Phi) is 6.91. The topological polar surface area (TPSA) is 73.0 Å². The standard InChI is InChI=1S/C27H34N4O3/c1-20(32)27(22-7-5-4-6-8-22)14-17-30(18-15-27)26(34)28-23-9-11-24(12-10-23)31-16-13-25(19-31)29(3)21(2)33/h4-12,25H,13-19H2,1-3H3,(H,28,34). The first kappa shape index (κ1) is 23.8. The summed E-state index contributed by atoms with van der Waals surface area (Å²) < 4.78 is 0. The first-order chi connectivity index (χ1) is 16.3. The molecular weight excluding hydrogens is 428 g/mol. The third kappa shape index (κ3) is 4.79. The van der Waals surface area contributed by atoms with Gasteiger partial charge in [-0.15, -0.1) is 0 Å². The third-order valence-electron chi connectivity index (χ3n) is 7.60. The van der Waals surface area contributed by atoms with Gasteiger partial charge in [0.15, 0.2) is 0 Å². The van der Waals surface area contributed by atoms with Gasteiger partial charge in [-0.05, 0) is 56.0 Å². The first-order valence-electron chi connectivity index (χ1n) is 12.0. The lowest BCUT2D eigenvalue weighted by molar-refractivity contribution is -0.129. The number of urea groups is 1. The number of Topliss-reactive ketones (excluding diaryl/α,β-unsaturated/α-hetero) is 1. The molecule has 2 aliphatic heterocycles. The summed E-state index contributed by atoms with van der Waals surface area (Å²) in [5.74, 6) is 0.250. The molecule has 0 aromatic heterocycles. The van der Waals surface area contributed by atoms with E-state index in [0.29, 0.717) is 25.9 Å². The minimum absolute atomic E-state index is 0.0898. The predicted molar refractivity (Wildman–Crippen MR) is 134 cm³/mol. The van der Waals surface area contributed by atoms with Crippen LogP contribution in [0.1, 0.15) is 38.7 Å². The van der Waals surface area contributed by atoms with Crippen LogP contribution in [0.5, 0.6) is 0 Å². The molecular formula is C27H34N4O3. The van der Waals surface area contributed by atoms with Gasteiger partial charge in [-0.2, -0.15) is 0 Å². The number of piperidine rings is 1. The number of carbonyl (C=O) groups excluding carboxylic acids is 3. The number of anilines is 2. The van der Waals surface area contributed by atoms with Crippen LogP contribution in [0.15, 0.2) is 54.6 Å². The molecule has 2 aromatic carbocycles. The smallest absolute Gasteiger partial charge is 0.321 e. The number of nitrogens with zero attached hydrogens (tertiary/aromatic N) is 3. The van der Waals surface area contributed by atoms with E-state index in [2.05, 4.69) is 10.2 Å². The zero-order valence-corrected chi connectivity index (χ0v) is 20.3. The second-order valence-corrected chi connectivity index (χ2v) is 9.49. The first-order valence-corrected chi connectivity index (χ1v) is 12.0. The molecule has 1 unspecified atom stereocenters. The van der Waals surface area contributed by atoms with Gasteiger partial charge in [-0.3, -0.25) is 9.59 Å². The fourth-order valence-corrected chi connectivity index (χ4v) is 5.20. The van der Waals surface area contributed by atoms with Crippen molar-refractivity contribution < 1.29 is 14.4 Å². The maximum Gasteiger partial charge on any atom is 0.321 e. The van der Waals surface area contributed by atoms with Crippen molar-refractivity contribution in [3.8, 4) is 0 Å². The van der Waals surface area contributed by atoms with E-state index in [1.54, 1.807) is 18.7 Å². The van der Waals surface area contributed by atoms with Crippen LogP contribution in [0.3, 0.4) is 0 Å². The number of carbonyl (C=O) groups is 3. The van der Waals surface area contributed by atoms with Crippen molar-refractivity contribution in [3.05, 3.63) is 60.2 Å². The van der Waals surface area contributed by atoms with Gasteiger partial charge in [-0.25, -0.2) is 4.79 Å². The Morgan fingerprint density at radius 1 is 0.941 bits per heavy atom. The molecule has 4 rings (SSSR count). The van der Waals surface area contributed by atoms with Crippen molar-refractivity contribution in [2.24, 2.45) is 0 Å². The minimum atomic E-state index is -0.510. The van der Waals surface area contributed by atoms with Gasteiger partial charge in [0.1, 0.15) is 5.78 Å². The van der Waals surface area contributed by atoms with E-state index in [9.17, 15) is 14.4 Å². The van der Waals surface area contributed by atoms with Crippen molar-refractivity contribution >= 4 is 29.1 Å². The molecule has 34 heavy (non-hydrogen) atoms. The van der Waals surface area contributed by atoms with E-state index in [1.165, 1.54) is 0 Å². The Balaban J connectivity index is 1.33. The lowest BCUT2D eigenvalue weighted by Crippen LogP contribution is -2.49. The van der Waals surface area contributed by atoms with E-state index >= 15 is 0 Å². The van der Waals surface area contributed by atoms with Crippen LogP contribution in [0.2, 0.25) is 0 Å². The molecule has 2 aromatic rings. The molecule has 2 saturated heterocycles. The summed E-state index contributed by atoms with van der Waals surface area (Å²) in [5.41, 5.74) is 2.36. The molecule has 0 spiro atoms. The monoisotopic (exact) mass is 462 g/mol. The van der Waals surface area contributed by atoms with Gasteiger partial charge >= 0.3 is 6.03 Å². The van der Waals surface area contributed by atoms with Gasteiger partial charge in [0, 0.05) is 51.5 Å². The molecule has 0 radical (unpaired) electrons. The number of likely N-dealkylation sites (tertiary alicyclic amines) is 1. The van der Waals surface area contributed by atoms with Crippen LogP contribution in [0.4, 0.5) is 16.2 Å². The largest absolute Gasteiger partial charge is 0.369 e. The summed E-state index contributed by atoms with van der Waals surface area (Å²) in [6, 6.07) is 17.9. The predicted octanol–water partition coefficient (Wildman–Crippen LogP) is 3.90. The lowest BCUT2D eigenvalue weighted by Gasteiger charge is -2.40. The molecule has 7 nitrogen and oxygen atoms in total. The zero-order valence-electron chi connectivity index (χ0n) is 20.3. The summed E-state index contributed by atoms with van der Waals surface area (Å²) in [5, 5.41) is 3.00. The summed E-state index contributed by atoms with van der Waals surface area (Å²) in [6.07, 6.45) is 2.21. The van der Waals surface area contributed by atoms with Crippen molar-refractivity contribution in [3.63, 3.8) is 0 Å². The van der Waals surface area contributed by atoms with Crippen LogP contribution >= 0.6 is 0 Å². The number of likely N-dealkylation sites (N-methyl/N-ethyl adjacent to an activating group) is 1. The van der Waals surface area contributed by atoms with Crippen molar-refractivity contribution in [1.29, 1.82) is 0 Å². The van der Waals surface area contributed by atoms with Crippen LogP contribution < -0.4 is 10.2 Å². The van der Waals surface area contributed by atoms with Crippen molar-refractivity contribution in [2.45, 2.75) is 44.6 Å². The molecule has 2 fully saturated rings. The Morgan fingerprint density at radius 2 is 1.59 bits per heavy atom. The van der Waals surface area contributed by atoms with E-state index in [4.69, 9.17) is 0 Å². The Labute approximate surface area is 201 Å². The van der Waals surface area contributed by atoms with E-state index < -0.39 is 5.41 Å². The number of hydrogen-bond acceptors (Lipinski definition) is 4. The number of nitrogens with one attached hydrogen (secondary N) is 1. The molecule has 0 saturated carbocycles. The fourth-order valence-electron chi connectivity index (χ4n) is 5.20. The van der Waals surface area contributed by atoms with E-state index in [0.717, 1.165) is 36.4 Å². The highest BCUT2D eigenvalue weighted by Crippen LogP contribution is 2.36. The van der Waals surface area contributed by atoms with Crippen molar-refractivity contribution in [2.75, 3.05) is 43.4 Å². The van der Waals surface area contributed by atoms with E-state index in [1.807, 2.05) is 66.5 Å². The number of amides is 3. The van der Waals surface area contributed by atoms with Crippen LogP contribution in [0, 0.1) is 0 Å². The average molecular weight is 463 g/mol. The minimum Gasteiger partial charge on any atom is -0.369 e. The molecule has 180 valence electrons.